The zero-order valence-corrected chi connectivity index (χ0v) is 10.6. The molecule has 0 aliphatic rings. The van der Waals surface area contributed by atoms with E-state index in [1.807, 2.05) is 0 Å². The van der Waals surface area contributed by atoms with Crippen LogP contribution in [-0.4, -0.2) is 36.7 Å². The van der Waals surface area contributed by atoms with Crippen molar-refractivity contribution in [3.8, 4) is 0 Å². The van der Waals surface area contributed by atoms with Gasteiger partial charge in [-0.05, 0) is 24.3 Å². The summed E-state index contributed by atoms with van der Waals surface area (Å²) in [4.78, 5) is 14.8. The van der Waals surface area contributed by atoms with Crippen molar-refractivity contribution in [1.29, 1.82) is 0 Å². The number of hydrogen-bond acceptors (Lipinski definition) is 6. The Labute approximate surface area is 108 Å². The van der Waals surface area contributed by atoms with E-state index in [2.05, 4.69) is 24.6 Å². The van der Waals surface area contributed by atoms with Crippen LogP contribution >= 0.6 is 0 Å². The van der Waals surface area contributed by atoms with E-state index in [1.54, 1.807) is 0 Å². The van der Waals surface area contributed by atoms with E-state index in [0.717, 1.165) is 6.33 Å². The number of anilines is 1. The van der Waals surface area contributed by atoms with Crippen LogP contribution in [0, 0.1) is 0 Å². The monoisotopic (exact) mass is 282 g/mol. The first-order valence-electron chi connectivity index (χ1n) is 5.09. The minimum Gasteiger partial charge on any atom is -0.465 e. The summed E-state index contributed by atoms with van der Waals surface area (Å²) < 4.78 is 30.4. The first kappa shape index (κ1) is 13.0. The summed E-state index contributed by atoms with van der Waals surface area (Å²) in [6, 6.07) is 5.79. The fourth-order valence-corrected chi connectivity index (χ4v) is 2.22. The van der Waals surface area contributed by atoms with E-state index in [1.165, 1.54) is 31.4 Å². The Hall–Kier alpha value is -2.42. The van der Waals surface area contributed by atoms with Crippen molar-refractivity contribution in [2.45, 2.75) is 5.16 Å². The highest BCUT2D eigenvalue weighted by Gasteiger charge is 2.17. The SMILES string of the molecule is COC(=O)c1ccc(NS(=O)(=O)c2ncn[nH]2)cc1. The Morgan fingerprint density at radius 1 is 1.32 bits per heavy atom. The van der Waals surface area contributed by atoms with Gasteiger partial charge >= 0.3 is 5.97 Å². The van der Waals surface area contributed by atoms with Gasteiger partial charge in [0, 0.05) is 5.69 Å². The van der Waals surface area contributed by atoms with Crippen LogP contribution < -0.4 is 4.72 Å². The Kier molecular flexibility index (Phi) is 3.47. The Morgan fingerprint density at radius 3 is 2.53 bits per heavy atom. The number of sulfonamides is 1. The number of aromatic nitrogens is 3. The summed E-state index contributed by atoms with van der Waals surface area (Å²) in [5.41, 5.74) is 0.620. The quantitative estimate of drug-likeness (QED) is 0.784. The number of H-pyrrole nitrogens is 1. The Balaban J connectivity index is 2.19. The molecule has 2 rings (SSSR count). The van der Waals surface area contributed by atoms with Crippen LogP contribution in [0.5, 0.6) is 0 Å². The van der Waals surface area contributed by atoms with Gasteiger partial charge < -0.3 is 4.74 Å². The molecular formula is C10H10N4O4S. The maximum Gasteiger partial charge on any atom is 0.337 e. The fourth-order valence-electron chi connectivity index (χ4n) is 1.32. The lowest BCUT2D eigenvalue weighted by molar-refractivity contribution is 0.0601. The highest BCUT2D eigenvalue weighted by atomic mass is 32.2. The van der Waals surface area contributed by atoms with Gasteiger partial charge in [0.05, 0.1) is 12.7 Å². The van der Waals surface area contributed by atoms with Crippen molar-refractivity contribution < 1.29 is 17.9 Å². The van der Waals surface area contributed by atoms with Gasteiger partial charge in [0.1, 0.15) is 6.33 Å². The van der Waals surface area contributed by atoms with Crippen LogP contribution in [0.3, 0.4) is 0 Å². The fraction of sp³-hybridized carbons (Fsp3) is 0.100. The molecule has 0 spiro atoms. The molecule has 0 fully saturated rings. The Morgan fingerprint density at radius 2 is 2.00 bits per heavy atom. The van der Waals surface area contributed by atoms with Gasteiger partial charge in [0.2, 0.25) is 0 Å². The van der Waals surface area contributed by atoms with Crippen LogP contribution in [0.15, 0.2) is 35.7 Å². The molecule has 0 aliphatic heterocycles. The second-order valence-corrected chi connectivity index (χ2v) is 5.06. The average Bonchev–Trinajstić information content (AvgIpc) is 2.93. The smallest absolute Gasteiger partial charge is 0.337 e. The van der Waals surface area contributed by atoms with Crippen molar-refractivity contribution in [3.63, 3.8) is 0 Å². The summed E-state index contributed by atoms with van der Waals surface area (Å²) in [6.07, 6.45) is 1.09. The predicted octanol–water partition coefficient (Wildman–Crippen LogP) is 0.392. The number of carbonyl (C=O) groups is 1. The highest BCUT2D eigenvalue weighted by molar-refractivity contribution is 7.92. The maximum atomic E-state index is 11.8. The highest BCUT2D eigenvalue weighted by Crippen LogP contribution is 2.14. The van der Waals surface area contributed by atoms with E-state index in [-0.39, 0.29) is 5.16 Å². The standard InChI is InChI=1S/C10H10N4O4S/c1-18-9(15)7-2-4-8(5-3-7)14-19(16,17)10-11-6-12-13-10/h2-6,14H,1H3,(H,11,12,13). The zero-order chi connectivity index (χ0) is 13.9. The number of benzene rings is 1. The van der Waals surface area contributed by atoms with Gasteiger partial charge in [-0.25, -0.2) is 14.9 Å². The van der Waals surface area contributed by atoms with E-state index < -0.39 is 16.0 Å². The van der Waals surface area contributed by atoms with Gasteiger partial charge in [-0.2, -0.15) is 13.5 Å². The summed E-state index contributed by atoms with van der Waals surface area (Å²) in [7, 11) is -2.54. The number of ether oxygens (including phenoxy) is 1. The first-order valence-corrected chi connectivity index (χ1v) is 6.58. The van der Waals surface area contributed by atoms with Crippen molar-refractivity contribution in [3.05, 3.63) is 36.2 Å². The van der Waals surface area contributed by atoms with Gasteiger partial charge in [0.15, 0.2) is 0 Å². The van der Waals surface area contributed by atoms with Crippen LogP contribution in [0.25, 0.3) is 0 Å². The molecule has 0 bridgehead atoms. The minimum absolute atomic E-state index is 0.287. The third-order valence-electron chi connectivity index (χ3n) is 2.21. The van der Waals surface area contributed by atoms with Crippen molar-refractivity contribution >= 4 is 21.7 Å². The molecule has 0 amide bonds. The maximum absolute atomic E-state index is 11.8. The minimum atomic E-state index is -3.80. The number of carbonyl (C=O) groups excluding carboxylic acids is 1. The van der Waals surface area contributed by atoms with Gasteiger partial charge in [-0.15, -0.1) is 0 Å². The summed E-state index contributed by atoms with van der Waals surface area (Å²) in [5, 5.41) is 5.43. The van der Waals surface area contributed by atoms with Crippen LogP contribution in [0.2, 0.25) is 0 Å². The van der Waals surface area contributed by atoms with Crippen LogP contribution in [0.1, 0.15) is 10.4 Å². The molecule has 0 saturated carbocycles. The van der Waals surface area contributed by atoms with E-state index in [0.29, 0.717) is 11.3 Å². The molecule has 8 nitrogen and oxygen atoms in total. The normalized spacial score (nSPS) is 11.0. The van der Waals surface area contributed by atoms with Crippen molar-refractivity contribution in [2.24, 2.45) is 0 Å². The molecule has 1 aromatic heterocycles. The second kappa shape index (κ2) is 5.06. The van der Waals surface area contributed by atoms with Crippen molar-refractivity contribution in [1.82, 2.24) is 15.2 Å². The summed E-state index contributed by atoms with van der Waals surface area (Å²) in [5.74, 6) is -0.496. The zero-order valence-electron chi connectivity index (χ0n) is 9.82. The summed E-state index contributed by atoms with van der Waals surface area (Å²) >= 11 is 0. The largest absolute Gasteiger partial charge is 0.465 e. The van der Waals surface area contributed by atoms with E-state index in [4.69, 9.17) is 0 Å². The predicted molar refractivity (Wildman–Crippen MR) is 65.0 cm³/mol. The molecule has 19 heavy (non-hydrogen) atoms. The lowest BCUT2D eigenvalue weighted by Gasteiger charge is -2.05. The Bertz CT molecular complexity index is 664. The third-order valence-corrected chi connectivity index (χ3v) is 3.42. The average molecular weight is 282 g/mol. The number of rotatable bonds is 4. The molecule has 100 valence electrons. The number of nitrogens with zero attached hydrogens (tertiary/aromatic N) is 2. The van der Waals surface area contributed by atoms with Gasteiger partial charge in [-0.3, -0.25) is 4.72 Å². The molecule has 0 radical (unpaired) electrons. The number of hydrogen-bond donors (Lipinski definition) is 2. The van der Waals surface area contributed by atoms with Gasteiger partial charge in [0.25, 0.3) is 15.2 Å². The lowest BCUT2D eigenvalue weighted by atomic mass is 10.2. The first-order chi connectivity index (χ1) is 9.03. The van der Waals surface area contributed by atoms with Crippen LogP contribution in [-0.2, 0) is 14.8 Å². The number of esters is 1. The van der Waals surface area contributed by atoms with Crippen molar-refractivity contribution in [2.75, 3.05) is 11.8 Å². The molecule has 0 saturated heterocycles. The van der Waals surface area contributed by atoms with Crippen LogP contribution in [0.4, 0.5) is 5.69 Å². The second-order valence-electron chi connectivity index (χ2n) is 3.47. The number of methoxy groups -OCH3 is 1. The lowest BCUT2D eigenvalue weighted by Crippen LogP contribution is -2.14. The molecule has 2 aromatic rings. The summed E-state index contributed by atoms with van der Waals surface area (Å²) in [6.45, 7) is 0. The number of nitrogens with one attached hydrogen (secondary N) is 2. The molecule has 0 unspecified atom stereocenters. The molecule has 1 heterocycles. The third kappa shape index (κ3) is 2.88. The van der Waals surface area contributed by atoms with E-state index >= 15 is 0 Å². The molecule has 2 N–H and O–H groups in total. The van der Waals surface area contributed by atoms with E-state index in [9.17, 15) is 13.2 Å². The molecule has 1 aromatic carbocycles. The molecular weight excluding hydrogens is 272 g/mol. The van der Waals surface area contributed by atoms with Gasteiger partial charge in [-0.1, -0.05) is 0 Å². The molecule has 0 aliphatic carbocycles. The number of aromatic amines is 1. The molecule has 0 atom stereocenters. The molecule has 9 heteroatoms. The topological polar surface area (TPSA) is 114 Å².